The summed E-state index contributed by atoms with van der Waals surface area (Å²) in [6.45, 7) is 1.96. The van der Waals surface area contributed by atoms with Crippen LogP contribution >= 0.6 is 11.6 Å². The Kier molecular flexibility index (Phi) is 3.20. The quantitative estimate of drug-likeness (QED) is 0.785. The molecule has 6 nitrogen and oxygen atoms in total. The molecule has 0 bridgehead atoms. The molecule has 0 N–H and O–H groups in total. The summed E-state index contributed by atoms with van der Waals surface area (Å²) >= 11 is 6.07. The van der Waals surface area contributed by atoms with Gasteiger partial charge in [-0.3, -0.25) is 4.79 Å². The van der Waals surface area contributed by atoms with Crippen LogP contribution in [-0.2, 0) is 15.0 Å². The van der Waals surface area contributed by atoms with Crippen LogP contribution < -0.4 is 4.31 Å². The van der Waals surface area contributed by atoms with Crippen LogP contribution in [-0.4, -0.2) is 31.2 Å². The maximum atomic E-state index is 12.5. The van der Waals surface area contributed by atoms with Crippen molar-refractivity contribution in [3.05, 3.63) is 28.3 Å². The third kappa shape index (κ3) is 1.87. The number of carbonyl (C=O) groups is 1. The Balaban J connectivity index is 2.16. The van der Waals surface area contributed by atoms with E-state index >= 15 is 0 Å². The summed E-state index contributed by atoms with van der Waals surface area (Å²) in [6.07, 6.45) is 1.23. The highest BCUT2D eigenvalue weighted by molar-refractivity contribution is 7.91. The van der Waals surface area contributed by atoms with Gasteiger partial charge >= 0.3 is 10.2 Å². The second-order valence-corrected chi connectivity index (χ2v) is 7.17. The largest absolute Gasteiger partial charge is 0.311 e. The molecule has 2 aliphatic heterocycles. The average molecular weight is 326 g/mol. The Morgan fingerprint density at radius 3 is 2.76 bits per heavy atom. The Bertz CT molecular complexity index is 785. The van der Waals surface area contributed by atoms with E-state index in [4.69, 9.17) is 16.9 Å². The van der Waals surface area contributed by atoms with E-state index in [-0.39, 0.29) is 16.3 Å². The number of nitrogens with zero attached hydrogens (tertiary/aromatic N) is 3. The first-order valence-electron chi connectivity index (χ1n) is 6.44. The van der Waals surface area contributed by atoms with E-state index in [1.807, 2.05) is 6.07 Å². The maximum Gasteiger partial charge on any atom is 0.311 e. The van der Waals surface area contributed by atoms with Crippen molar-refractivity contribution in [1.82, 2.24) is 4.31 Å². The maximum absolute atomic E-state index is 12.5. The van der Waals surface area contributed by atoms with Gasteiger partial charge in [-0.2, -0.15) is 22.3 Å². The highest BCUT2D eigenvalue weighted by Gasteiger charge is 2.53. The molecule has 1 amide bonds. The van der Waals surface area contributed by atoms with Gasteiger partial charge in [-0.05, 0) is 37.5 Å². The minimum absolute atomic E-state index is 0.171. The molecule has 8 heteroatoms. The third-order valence-corrected chi connectivity index (χ3v) is 6.27. The van der Waals surface area contributed by atoms with Gasteiger partial charge in [0.2, 0.25) is 0 Å². The number of rotatable bonds is 1. The van der Waals surface area contributed by atoms with Gasteiger partial charge in [-0.1, -0.05) is 11.6 Å². The first kappa shape index (κ1) is 14.3. The number of amides is 1. The van der Waals surface area contributed by atoms with E-state index in [1.165, 1.54) is 16.4 Å². The number of halogens is 1. The van der Waals surface area contributed by atoms with Crippen LogP contribution in [0.5, 0.6) is 0 Å². The fraction of sp³-hybridized carbons (Fsp3) is 0.385. The van der Waals surface area contributed by atoms with Crippen molar-refractivity contribution in [2.75, 3.05) is 10.8 Å². The van der Waals surface area contributed by atoms with Gasteiger partial charge in [-0.15, -0.1) is 0 Å². The molecule has 0 unspecified atom stereocenters. The van der Waals surface area contributed by atoms with Crippen LogP contribution in [0.4, 0.5) is 5.69 Å². The second-order valence-electron chi connectivity index (χ2n) is 5.06. The van der Waals surface area contributed by atoms with Crippen molar-refractivity contribution in [2.45, 2.75) is 25.8 Å². The van der Waals surface area contributed by atoms with Gasteiger partial charge in [0.05, 0.1) is 16.3 Å². The zero-order chi connectivity index (χ0) is 15.4. The zero-order valence-corrected chi connectivity index (χ0v) is 12.8. The van der Waals surface area contributed by atoms with Crippen molar-refractivity contribution in [3.63, 3.8) is 0 Å². The van der Waals surface area contributed by atoms with Gasteiger partial charge in [-0.25, -0.2) is 0 Å². The van der Waals surface area contributed by atoms with Gasteiger partial charge < -0.3 is 0 Å². The van der Waals surface area contributed by atoms with Crippen LogP contribution in [0.25, 0.3) is 0 Å². The summed E-state index contributed by atoms with van der Waals surface area (Å²) in [5.74, 6) is -0.448. The molecule has 1 atom stereocenters. The van der Waals surface area contributed by atoms with E-state index in [0.717, 1.165) is 4.31 Å². The second kappa shape index (κ2) is 4.70. The van der Waals surface area contributed by atoms with Crippen molar-refractivity contribution in [1.29, 1.82) is 5.26 Å². The fourth-order valence-corrected chi connectivity index (χ4v) is 4.93. The summed E-state index contributed by atoms with van der Waals surface area (Å²) in [4.78, 5) is 12.4. The number of benzene rings is 1. The molecule has 1 aromatic carbocycles. The van der Waals surface area contributed by atoms with Crippen LogP contribution in [0.3, 0.4) is 0 Å². The summed E-state index contributed by atoms with van der Waals surface area (Å²) in [6, 6.07) is 4.21. The Hall–Kier alpha value is -1.62. The van der Waals surface area contributed by atoms with Gasteiger partial charge in [0.25, 0.3) is 5.91 Å². The first-order valence-corrected chi connectivity index (χ1v) is 8.22. The molecule has 0 aromatic heterocycles. The molecule has 2 fully saturated rings. The summed E-state index contributed by atoms with van der Waals surface area (Å²) in [5, 5.41) is 9.11. The smallest absolute Gasteiger partial charge is 0.271 e. The number of nitriles is 1. The van der Waals surface area contributed by atoms with Crippen LogP contribution in [0.15, 0.2) is 12.1 Å². The van der Waals surface area contributed by atoms with Crippen LogP contribution in [0.1, 0.15) is 24.0 Å². The highest BCUT2D eigenvalue weighted by Crippen LogP contribution is 2.39. The molecule has 0 saturated carbocycles. The molecule has 21 heavy (non-hydrogen) atoms. The van der Waals surface area contributed by atoms with Crippen molar-refractivity contribution >= 4 is 33.4 Å². The molecule has 0 aliphatic carbocycles. The normalized spacial score (nSPS) is 24.1. The number of carbonyl (C=O) groups excluding carboxylic acids is 1. The van der Waals surface area contributed by atoms with Crippen molar-refractivity contribution in [2.24, 2.45) is 0 Å². The Morgan fingerprint density at radius 2 is 2.14 bits per heavy atom. The lowest BCUT2D eigenvalue weighted by molar-refractivity contribution is -0.119. The average Bonchev–Trinajstić information content (AvgIpc) is 2.99. The van der Waals surface area contributed by atoms with Gasteiger partial charge in [0, 0.05) is 6.54 Å². The summed E-state index contributed by atoms with van der Waals surface area (Å²) in [7, 11) is -3.85. The highest BCUT2D eigenvalue weighted by atomic mass is 35.5. The minimum Gasteiger partial charge on any atom is -0.271 e. The number of hydrogen-bond acceptors (Lipinski definition) is 4. The monoisotopic (exact) mass is 325 g/mol. The van der Waals surface area contributed by atoms with Gasteiger partial charge in [0.15, 0.2) is 0 Å². The first-order chi connectivity index (χ1) is 9.89. The molecule has 0 radical (unpaired) electrons. The van der Waals surface area contributed by atoms with E-state index in [0.29, 0.717) is 24.9 Å². The lowest BCUT2D eigenvalue weighted by atomic mass is 10.1. The van der Waals surface area contributed by atoms with Crippen LogP contribution in [0, 0.1) is 18.3 Å². The molecule has 2 heterocycles. The van der Waals surface area contributed by atoms with Gasteiger partial charge in [0.1, 0.15) is 12.1 Å². The standard InChI is InChI=1S/C13H12ClN3O3S/c1-8-10(5-4-9(7-15)12(8)14)17-13(18)11-3-2-6-16(11)21(17,19)20/h4-5,11H,2-3,6H2,1H3/t11-/m0/s1. The van der Waals surface area contributed by atoms with Crippen molar-refractivity contribution in [3.8, 4) is 6.07 Å². The molecule has 2 saturated heterocycles. The topological polar surface area (TPSA) is 81.5 Å². The zero-order valence-electron chi connectivity index (χ0n) is 11.2. The molecule has 1 aromatic rings. The fourth-order valence-electron chi connectivity index (χ4n) is 2.84. The number of hydrogen-bond donors (Lipinski definition) is 0. The molecule has 110 valence electrons. The lowest BCUT2D eigenvalue weighted by Gasteiger charge is -2.20. The Morgan fingerprint density at radius 1 is 1.43 bits per heavy atom. The van der Waals surface area contributed by atoms with E-state index < -0.39 is 22.2 Å². The third-order valence-electron chi connectivity index (χ3n) is 3.91. The minimum atomic E-state index is -3.85. The van der Waals surface area contributed by atoms with Crippen molar-refractivity contribution < 1.29 is 13.2 Å². The predicted octanol–water partition coefficient (Wildman–Crippen LogP) is 1.58. The molecule has 2 aliphatic rings. The van der Waals surface area contributed by atoms with E-state index in [1.54, 1.807) is 6.92 Å². The molecular weight excluding hydrogens is 314 g/mol. The SMILES string of the molecule is Cc1c(N2C(=O)[C@@H]3CCCN3S2(=O)=O)ccc(C#N)c1Cl. The number of anilines is 1. The Labute approximate surface area is 127 Å². The molecule has 0 spiro atoms. The van der Waals surface area contributed by atoms with E-state index in [2.05, 4.69) is 0 Å². The van der Waals surface area contributed by atoms with Crippen LogP contribution in [0.2, 0.25) is 5.02 Å². The lowest BCUT2D eigenvalue weighted by Crippen LogP contribution is -2.34. The molecule has 3 rings (SSSR count). The summed E-state index contributed by atoms with van der Waals surface area (Å²) in [5.41, 5.74) is 0.884. The predicted molar refractivity (Wildman–Crippen MR) is 77.0 cm³/mol. The molecular formula is C13H12ClN3O3S. The van der Waals surface area contributed by atoms with E-state index in [9.17, 15) is 13.2 Å². The number of fused-ring (bicyclic) bond motifs is 1. The summed E-state index contributed by atoms with van der Waals surface area (Å²) < 4.78 is 27.1.